The van der Waals surface area contributed by atoms with Crippen molar-refractivity contribution in [2.45, 2.75) is 18.9 Å². The maximum atomic E-state index is 5.76. The Hall–Kier alpha value is -1.56. The van der Waals surface area contributed by atoms with Crippen LogP contribution in [0.15, 0.2) is 6.07 Å². The molecule has 1 aliphatic carbocycles. The van der Waals surface area contributed by atoms with E-state index in [4.69, 9.17) is 11.5 Å². The maximum Gasteiger partial charge on any atom is 0.223 e. The normalized spacial score (nSPS) is 20.2. The summed E-state index contributed by atoms with van der Waals surface area (Å²) in [4.78, 5) is 10.5. The Morgan fingerprint density at radius 1 is 1.35 bits per heavy atom. The molecule has 2 aliphatic rings. The Kier molecular flexibility index (Phi) is 2.51. The number of nitrogens with one attached hydrogen (secondary N) is 1. The fourth-order valence-electron chi connectivity index (χ4n) is 1.98. The summed E-state index contributed by atoms with van der Waals surface area (Å²) in [6.07, 6.45) is 2.64. The molecule has 0 aromatic carbocycles. The minimum atomic E-state index is 0.258. The van der Waals surface area contributed by atoms with Crippen LogP contribution in [-0.2, 0) is 0 Å². The van der Waals surface area contributed by atoms with E-state index >= 15 is 0 Å². The molecule has 1 saturated carbocycles. The van der Waals surface area contributed by atoms with Crippen molar-refractivity contribution in [2.24, 2.45) is 11.7 Å². The van der Waals surface area contributed by atoms with Gasteiger partial charge in [-0.2, -0.15) is 9.97 Å². The van der Waals surface area contributed by atoms with Gasteiger partial charge in [0.1, 0.15) is 11.6 Å². The first kappa shape index (κ1) is 10.6. The number of anilines is 3. The predicted molar refractivity (Wildman–Crippen MR) is 67.8 cm³/mol. The Labute approximate surface area is 100 Å². The third-order valence-corrected chi connectivity index (χ3v) is 3.23. The Morgan fingerprint density at radius 3 is 2.76 bits per heavy atom. The topological polar surface area (TPSA) is 93.1 Å². The van der Waals surface area contributed by atoms with Crippen molar-refractivity contribution in [1.29, 1.82) is 0 Å². The SMILES string of the molecule is Nc1nc(NCC2CC2)cc(N2CC(N)C2)n1. The van der Waals surface area contributed by atoms with Crippen molar-refractivity contribution < 1.29 is 0 Å². The number of rotatable bonds is 4. The third-order valence-electron chi connectivity index (χ3n) is 3.23. The summed E-state index contributed by atoms with van der Waals surface area (Å²) < 4.78 is 0. The van der Waals surface area contributed by atoms with Gasteiger partial charge in [-0.15, -0.1) is 0 Å². The number of nitrogen functional groups attached to an aromatic ring is 1. The molecule has 1 saturated heterocycles. The largest absolute Gasteiger partial charge is 0.370 e. The smallest absolute Gasteiger partial charge is 0.223 e. The van der Waals surface area contributed by atoms with Crippen LogP contribution in [0.25, 0.3) is 0 Å². The van der Waals surface area contributed by atoms with Crippen molar-refractivity contribution in [1.82, 2.24) is 9.97 Å². The lowest BCUT2D eigenvalue weighted by Crippen LogP contribution is -2.56. The molecule has 0 atom stereocenters. The standard InChI is InChI=1S/C11H18N6/c12-8-5-17(6-8)10-3-9(15-11(13)16-10)14-4-7-1-2-7/h3,7-8H,1-2,4-6,12H2,(H3,13,14,15,16). The van der Waals surface area contributed by atoms with Gasteiger partial charge >= 0.3 is 0 Å². The van der Waals surface area contributed by atoms with Crippen LogP contribution in [0.5, 0.6) is 0 Å². The molecule has 0 amide bonds. The number of nitrogens with two attached hydrogens (primary N) is 2. The van der Waals surface area contributed by atoms with Gasteiger partial charge in [0.15, 0.2) is 0 Å². The number of aromatic nitrogens is 2. The van der Waals surface area contributed by atoms with Crippen LogP contribution in [0.1, 0.15) is 12.8 Å². The van der Waals surface area contributed by atoms with Gasteiger partial charge in [-0.1, -0.05) is 0 Å². The van der Waals surface area contributed by atoms with Crippen molar-refractivity contribution in [3.63, 3.8) is 0 Å². The highest BCUT2D eigenvalue weighted by Gasteiger charge is 2.25. The van der Waals surface area contributed by atoms with Gasteiger partial charge < -0.3 is 21.7 Å². The molecule has 2 heterocycles. The molecule has 92 valence electrons. The first-order chi connectivity index (χ1) is 8.20. The highest BCUT2D eigenvalue weighted by molar-refractivity contribution is 5.54. The van der Waals surface area contributed by atoms with Gasteiger partial charge in [0.25, 0.3) is 0 Å². The van der Waals surface area contributed by atoms with E-state index in [1.165, 1.54) is 12.8 Å². The molecule has 0 unspecified atom stereocenters. The summed E-state index contributed by atoms with van der Waals surface area (Å²) in [5.41, 5.74) is 11.5. The summed E-state index contributed by atoms with van der Waals surface area (Å²) in [7, 11) is 0. The van der Waals surface area contributed by atoms with Gasteiger partial charge in [-0.3, -0.25) is 0 Å². The first-order valence-electron chi connectivity index (χ1n) is 6.09. The minimum absolute atomic E-state index is 0.258. The number of hydrogen-bond donors (Lipinski definition) is 3. The molecule has 2 fully saturated rings. The van der Waals surface area contributed by atoms with E-state index in [1.54, 1.807) is 0 Å². The van der Waals surface area contributed by atoms with E-state index in [2.05, 4.69) is 20.2 Å². The lowest BCUT2D eigenvalue weighted by atomic mass is 10.1. The average Bonchev–Trinajstić information content (AvgIpc) is 3.05. The van der Waals surface area contributed by atoms with Gasteiger partial charge in [0.2, 0.25) is 5.95 Å². The Morgan fingerprint density at radius 2 is 2.12 bits per heavy atom. The van der Waals surface area contributed by atoms with Crippen molar-refractivity contribution >= 4 is 17.6 Å². The second-order valence-corrected chi connectivity index (χ2v) is 4.96. The van der Waals surface area contributed by atoms with E-state index in [0.717, 1.165) is 37.2 Å². The zero-order chi connectivity index (χ0) is 11.8. The summed E-state index contributed by atoms with van der Waals surface area (Å²) in [5, 5.41) is 3.31. The molecule has 0 bridgehead atoms. The van der Waals surface area contributed by atoms with Crippen molar-refractivity contribution in [3.8, 4) is 0 Å². The monoisotopic (exact) mass is 234 g/mol. The molecule has 1 aliphatic heterocycles. The molecule has 0 radical (unpaired) electrons. The summed E-state index contributed by atoms with van der Waals surface area (Å²) in [5.74, 6) is 2.82. The number of nitrogens with zero attached hydrogens (tertiary/aromatic N) is 3. The molecule has 6 heteroatoms. The molecule has 3 rings (SSSR count). The molecule has 1 aromatic rings. The van der Waals surface area contributed by atoms with Crippen LogP contribution in [-0.4, -0.2) is 35.6 Å². The van der Waals surface area contributed by atoms with Gasteiger partial charge in [0, 0.05) is 31.7 Å². The number of hydrogen-bond acceptors (Lipinski definition) is 6. The summed E-state index contributed by atoms with van der Waals surface area (Å²) in [6.45, 7) is 2.67. The van der Waals surface area contributed by atoms with E-state index in [9.17, 15) is 0 Å². The predicted octanol–water partition coefficient (Wildman–Crippen LogP) is 0.0280. The Balaban J connectivity index is 1.69. The average molecular weight is 234 g/mol. The van der Waals surface area contributed by atoms with E-state index in [-0.39, 0.29) is 6.04 Å². The van der Waals surface area contributed by atoms with E-state index in [0.29, 0.717) is 5.95 Å². The highest BCUT2D eigenvalue weighted by atomic mass is 15.3. The highest BCUT2D eigenvalue weighted by Crippen LogP contribution is 2.29. The summed E-state index contributed by atoms with van der Waals surface area (Å²) in [6, 6.07) is 2.21. The Bertz CT molecular complexity index is 410. The zero-order valence-corrected chi connectivity index (χ0v) is 9.76. The van der Waals surface area contributed by atoms with Crippen LogP contribution in [0.3, 0.4) is 0 Å². The first-order valence-corrected chi connectivity index (χ1v) is 6.09. The van der Waals surface area contributed by atoms with Crippen molar-refractivity contribution in [3.05, 3.63) is 6.07 Å². The molecule has 5 N–H and O–H groups in total. The molecule has 1 aromatic heterocycles. The van der Waals surface area contributed by atoms with E-state index in [1.807, 2.05) is 6.07 Å². The molecule has 17 heavy (non-hydrogen) atoms. The quantitative estimate of drug-likeness (QED) is 0.680. The lowest BCUT2D eigenvalue weighted by Gasteiger charge is -2.37. The minimum Gasteiger partial charge on any atom is -0.370 e. The maximum absolute atomic E-state index is 5.76. The van der Waals surface area contributed by atoms with Gasteiger partial charge in [0.05, 0.1) is 0 Å². The zero-order valence-electron chi connectivity index (χ0n) is 9.76. The van der Waals surface area contributed by atoms with Gasteiger partial charge in [-0.25, -0.2) is 0 Å². The van der Waals surface area contributed by atoms with Crippen LogP contribution in [0, 0.1) is 5.92 Å². The van der Waals surface area contributed by atoms with Crippen LogP contribution in [0.4, 0.5) is 17.6 Å². The molecule has 0 spiro atoms. The molecular weight excluding hydrogens is 216 g/mol. The summed E-state index contributed by atoms with van der Waals surface area (Å²) >= 11 is 0. The van der Waals surface area contributed by atoms with Gasteiger partial charge in [-0.05, 0) is 18.8 Å². The lowest BCUT2D eigenvalue weighted by molar-refractivity contribution is 0.514. The second-order valence-electron chi connectivity index (χ2n) is 4.96. The molecular formula is C11H18N6. The third kappa shape index (κ3) is 2.41. The molecule has 6 nitrogen and oxygen atoms in total. The van der Waals surface area contributed by atoms with Crippen LogP contribution >= 0.6 is 0 Å². The fraction of sp³-hybridized carbons (Fsp3) is 0.636. The second kappa shape index (κ2) is 4.03. The van der Waals surface area contributed by atoms with Crippen molar-refractivity contribution in [2.75, 3.05) is 35.6 Å². The fourth-order valence-corrected chi connectivity index (χ4v) is 1.98. The van der Waals surface area contributed by atoms with E-state index < -0.39 is 0 Å². The van der Waals surface area contributed by atoms with Crippen LogP contribution in [0.2, 0.25) is 0 Å². The van der Waals surface area contributed by atoms with Crippen LogP contribution < -0.4 is 21.7 Å².